The fourth-order valence-corrected chi connectivity index (χ4v) is 5.65. The molecule has 1 aromatic rings. The average molecular weight is 422 g/mol. The number of nitrogens with one attached hydrogen (secondary N) is 1. The van der Waals surface area contributed by atoms with Gasteiger partial charge in [-0.05, 0) is 43.4 Å². The number of carbonyl (C=O) groups is 1. The van der Waals surface area contributed by atoms with E-state index in [-0.39, 0.29) is 16.7 Å². The van der Waals surface area contributed by atoms with E-state index >= 15 is 0 Å². The van der Waals surface area contributed by atoms with Crippen molar-refractivity contribution in [1.29, 1.82) is 0 Å². The number of ether oxygens (including phenoxy) is 1. The molecule has 0 bridgehead atoms. The van der Waals surface area contributed by atoms with E-state index in [4.69, 9.17) is 4.74 Å². The number of nitrogens with zero attached hydrogens (tertiary/aromatic N) is 2. The molecule has 0 radical (unpaired) electrons. The van der Waals surface area contributed by atoms with Crippen LogP contribution < -0.4 is 10.2 Å². The van der Waals surface area contributed by atoms with Crippen LogP contribution in [0.5, 0.6) is 0 Å². The van der Waals surface area contributed by atoms with E-state index in [0.29, 0.717) is 37.9 Å². The zero-order valence-corrected chi connectivity index (χ0v) is 17.9. The van der Waals surface area contributed by atoms with Crippen molar-refractivity contribution >= 4 is 27.3 Å². The number of hydrogen-bond acceptors (Lipinski definition) is 5. The molecule has 2 saturated heterocycles. The minimum atomic E-state index is -3.61. The van der Waals surface area contributed by atoms with Crippen molar-refractivity contribution in [3.63, 3.8) is 0 Å². The molecule has 1 aromatic carbocycles. The van der Waals surface area contributed by atoms with Crippen LogP contribution in [-0.2, 0) is 19.6 Å². The maximum Gasteiger partial charge on any atom is 0.243 e. The number of rotatable bonds is 5. The average Bonchev–Trinajstić information content (AvgIpc) is 3.51. The molecule has 0 unspecified atom stereocenters. The van der Waals surface area contributed by atoms with E-state index < -0.39 is 10.0 Å². The highest BCUT2D eigenvalue weighted by Crippen LogP contribution is 2.40. The highest BCUT2D eigenvalue weighted by molar-refractivity contribution is 7.89. The molecule has 3 fully saturated rings. The lowest BCUT2D eigenvalue weighted by molar-refractivity contribution is -0.117. The molecular formula is C21H31N3O4S. The van der Waals surface area contributed by atoms with Gasteiger partial charge in [0.05, 0.1) is 29.5 Å². The van der Waals surface area contributed by atoms with Crippen molar-refractivity contribution in [1.82, 2.24) is 4.31 Å². The first-order valence-electron chi connectivity index (χ1n) is 10.7. The summed E-state index contributed by atoms with van der Waals surface area (Å²) in [4.78, 5) is 15.2. The Kier molecular flexibility index (Phi) is 6.13. The van der Waals surface area contributed by atoms with Gasteiger partial charge in [-0.25, -0.2) is 8.42 Å². The molecule has 29 heavy (non-hydrogen) atoms. The standard InChI is InChI=1S/C21H31N3O4S/c1-16-14-18(16)21(25)22-19-15-17(29(26,27)24-10-12-28-13-11-24)6-7-20(19)23-8-4-2-3-5-9-23/h6-7,15-16,18H,2-5,8-14H2,1H3,(H,22,25)/t16-,18-/m0/s1. The smallest absolute Gasteiger partial charge is 0.243 e. The van der Waals surface area contributed by atoms with Crippen molar-refractivity contribution in [3.8, 4) is 0 Å². The van der Waals surface area contributed by atoms with Gasteiger partial charge in [-0.3, -0.25) is 4.79 Å². The van der Waals surface area contributed by atoms with Crippen LogP contribution in [0.15, 0.2) is 23.1 Å². The molecule has 1 amide bonds. The van der Waals surface area contributed by atoms with E-state index in [9.17, 15) is 13.2 Å². The lowest BCUT2D eigenvalue weighted by Crippen LogP contribution is -2.40. The second kappa shape index (κ2) is 8.62. The van der Waals surface area contributed by atoms with Crippen molar-refractivity contribution < 1.29 is 17.9 Å². The Labute approximate surface area is 173 Å². The van der Waals surface area contributed by atoms with Gasteiger partial charge in [-0.15, -0.1) is 0 Å². The number of benzene rings is 1. The van der Waals surface area contributed by atoms with Gasteiger partial charge in [0.1, 0.15) is 0 Å². The fourth-order valence-electron chi connectivity index (χ4n) is 4.21. The Balaban J connectivity index is 1.65. The predicted molar refractivity (Wildman–Crippen MR) is 113 cm³/mol. The minimum absolute atomic E-state index is 0.00510. The molecule has 2 atom stereocenters. The minimum Gasteiger partial charge on any atom is -0.379 e. The lowest BCUT2D eigenvalue weighted by atomic mass is 10.2. The Bertz CT molecular complexity index is 843. The summed E-state index contributed by atoms with van der Waals surface area (Å²) in [6.45, 7) is 5.47. The number of amides is 1. The topological polar surface area (TPSA) is 79.0 Å². The summed E-state index contributed by atoms with van der Waals surface area (Å²) < 4.78 is 33.0. The SMILES string of the molecule is C[C@H]1C[C@@H]1C(=O)Nc1cc(S(=O)(=O)N2CCOCC2)ccc1N1CCCCCC1. The summed E-state index contributed by atoms with van der Waals surface area (Å²) >= 11 is 0. The first-order valence-corrected chi connectivity index (χ1v) is 12.2. The zero-order valence-electron chi connectivity index (χ0n) is 17.1. The third-order valence-corrected chi connectivity index (χ3v) is 8.12. The maximum atomic E-state index is 13.1. The third kappa shape index (κ3) is 4.59. The number of hydrogen-bond donors (Lipinski definition) is 1. The molecule has 0 spiro atoms. The maximum absolute atomic E-state index is 13.1. The van der Waals surface area contributed by atoms with Crippen molar-refractivity contribution in [2.45, 2.75) is 43.9 Å². The van der Waals surface area contributed by atoms with Crippen LogP contribution in [0.4, 0.5) is 11.4 Å². The summed E-state index contributed by atoms with van der Waals surface area (Å²) in [7, 11) is -3.61. The Morgan fingerprint density at radius 1 is 1.07 bits per heavy atom. The molecule has 160 valence electrons. The highest BCUT2D eigenvalue weighted by Gasteiger charge is 2.39. The lowest BCUT2D eigenvalue weighted by Gasteiger charge is -2.28. The van der Waals surface area contributed by atoms with Crippen LogP contribution >= 0.6 is 0 Å². The molecule has 1 N–H and O–H groups in total. The second-order valence-corrected chi connectivity index (χ2v) is 10.3. The van der Waals surface area contributed by atoms with Crippen LogP contribution in [-0.4, -0.2) is 58.0 Å². The summed E-state index contributed by atoms with van der Waals surface area (Å²) in [5.41, 5.74) is 1.54. The third-order valence-electron chi connectivity index (χ3n) is 6.23. The van der Waals surface area contributed by atoms with Crippen LogP contribution in [0.2, 0.25) is 0 Å². The summed E-state index contributed by atoms with van der Waals surface area (Å²) in [6, 6.07) is 5.20. The number of morpholine rings is 1. The van der Waals surface area contributed by atoms with Gasteiger partial charge in [0.2, 0.25) is 15.9 Å². The van der Waals surface area contributed by atoms with E-state index in [1.165, 1.54) is 17.1 Å². The summed E-state index contributed by atoms with van der Waals surface area (Å²) in [5, 5.41) is 3.05. The number of anilines is 2. The highest BCUT2D eigenvalue weighted by atomic mass is 32.2. The molecule has 2 heterocycles. The van der Waals surface area contributed by atoms with Gasteiger partial charge in [0, 0.05) is 32.1 Å². The molecule has 4 rings (SSSR count). The van der Waals surface area contributed by atoms with E-state index in [1.54, 1.807) is 12.1 Å². The molecule has 1 saturated carbocycles. The van der Waals surface area contributed by atoms with Crippen molar-refractivity contribution in [2.24, 2.45) is 11.8 Å². The molecular weight excluding hydrogens is 390 g/mol. The van der Waals surface area contributed by atoms with Crippen LogP contribution in [0, 0.1) is 11.8 Å². The van der Waals surface area contributed by atoms with Gasteiger partial charge >= 0.3 is 0 Å². The first-order chi connectivity index (χ1) is 14.0. The Morgan fingerprint density at radius 3 is 2.34 bits per heavy atom. The fraction of sp³-hybridized carbons (Fsp3) is 0.667. The largest absolute Gasteiger partial charge is 0.379 e. The molecule has 1 aliphatic carbocycles. The van der Waals surface area contributed by atoms with Gasteiger partial charge in [-0.2, -0.15) is 4.31 Å². The quantitative estimate of drug-likeness (QED) is 0.791. The normalized spacial score (nSPS) is 26.0. The number of carbonyl (C=O) groups excluding carboxylic acids is 1. The summed E-state index contributed by atoms with van der Waals surface area (Å²) in [6.07, 6.45) is 5.54. The van der Waals surface area contributed by atoms with Crippen LogP contribution in [0.25, 0.3) is 0 Å². The van der Waals surface area contributed by atoms with Crippen LogP contribution in [0.1, 0.15) is 39.0 Å². The van der Waals surface area contributed by atoms with Crippen LogP contribution in [0.3, 0.4) is 0 Å². The van der Waals surface area contributed by atoms with Gasteiger partial charge in [0.15, 0.2) is 0 Å². The van der Waals surface area contributed by atoms with Crippen molar-refractivity contribution in [2.75, 3.05) is 49.6 Å². The molecule has 8 heteroatoms. The van der Waals surface area contributed by atoms with E-state index in [2.05, 4.69) is 17.1 Å². The van der Waals surface area contributed by atoms with Gasteiger partial charge in [0.25, 0.3) is 0 Å². The molecule has 7 nitrogen and oxygen atoms in total. The Hall–Kier alpha value is -1.64. The second-order valence-electron chi connectivity index (χ2n) is 8.41. The molecule has 2 aliphatic heterocycles. The predicted octanol–water partition coefficient (Wildman–Crippen LogP) is 2.68. The zero-order chi connectivity index (χ0) is 20.4. The monoisotopic (exact) mass is 421 g/mol. The van der Waals surface area contributed by atoms with Gasteiger partial charge < -0.3 is 15.0 Å². The molecule has 3 aliphatic rings. The summed E-state index contributed by atoms with van der Waals surface area (Å²) in [5.74, 6) is 0.429. The Morgan fingerprint density at radius 2 is 1.72 bits per heavy atom. The first kappa shape index (κ1) is 20.6. The van der Waals surface area contributed by atoms with Gasteiger partial charge in [-0.1, -0.05) is 19.8 Å². The van der Waals surface area contributed by atoms with E-state index in [1.807, 2.05) is 6.07 Å². The van der Waals surface area contributed by atoms with E-state index in [0.717, 1.165) is 38.0 Å². The molecule has 0 aromatic heterocycles. The van der Waals surface area contributed by atoms with Crippen molar-refractivity contribution in [3.05, 3.63) is 18.2 Å². The number of sulfonamides is 1.